The first-order valence-electron chi connectivity index (χ1n) is 11.2. The highest BCUT2D eigenvalue weighted by atomic mass is 32.1. The zero-order chi connectivity index (χ0) is 22.8. The van der Waals surface area contributed by atoms with Gasteiger partial charge in [-0.2, -0.15) is 0 Å². The number of aryl methyl sites for hydroxylation is 1. The summed E-state index contributed by atoms with van der Waals surface area (Å²) in [5, 5.41) is 4.94. The van der Waals surface area contributed by atoms with E-state index in [0.717, 1.165) is 53.0 Å². The van der Waals surface area contributed by atoms with Crippen LogP contribution in [0.4, 0.5) is 0 Å². The lowest BCUT2D eigenvalue weighted by Crippen LogP contribution is -2.42. The van der Waals surface area contributed by atoms with Crippen LogP contribution >= 0.6 is 12.2 Å². The number of nitrogens with zero attached hydrogens (tertiary/aromatic N) is 1. The number of ether oxygens (including phenoxy) is 3. The number of aromatic amines is 1. The number of fused-ring (bicyclic) bond motifs is 2. The van der Waals surface area contributed by atoms with Crippen molar-refractivity contribution in [2.45, 2.75) is 39.0 Å². The number of aromatic nitrogens is 1. The van der Waals surface area contributed by atoms with Crippen LogP contribution in [0, 0.1) is 6.92 Å². The van der Waals surface area contributed by atoms with Gasteiger partial charge in [-0.15, -0.1) is 0 Å². The van der Waals surface area contributed by atoms with E-state index in [1.807, 2.05) is 48.2 Å². The van der Waals surface area contributed by atoms with Crippen LogP contribution in [0.5, 0.6) is 11.5 Å². The Bertz CT molecular complexity index is 1240. The van der Waals surface area contributed by atoms with Crippen LogP contribution in [0.3, 0.4) is 0 Å². The van der Waals surface area contributed by atoms with E-state index in [1.54, 1.807) is 0 Å². The summed E-state index contributed by atoms with van der Waals surface area (Å²) in [5.74, 6) is 1.47. The third kappa shape index (κ3) is 4.96. The van der Waals surface area contributed by atoms with Crippen molar-refractivity contribution in [3.05, 3.63) is 69.5 Å². The van der Waals surface area contributed by atoms with Gasteiger partial charge in [-0.3, -0.25) is 4.79 Å². The van der Waals surface area contributed by atoms with Gasteiger partial charge in [-0.25, -0.2) is 0 Å². The first-order chi connectivity index (χ1) is 16.0. The van der Waals surface area contributed by atoms with Crippen molar-refractivity contribution in [3.8, 4) is 11.5 Å². The monoisotopic (exact) mass is 465 g/mol. The molecule has 0 aliphatic carbocycles. The highest BCUT2D eigenvalue weighted by molar-refractivity contribution is 7.80. The predicted molar refractivity (Wildman–Crippen MR) is 131 cm³/mol. The van der Waals surface area contributed by atoms with Gasteiger partial charge in [0.1, 0.15) is 0 Å². The van der Waals surface area contributed by atoms with E-state index in [1.165, 1.54) is 0 Å². The number of benzene rings is 2. The molecular formula is C25H27N3O4S. The number of rotatable bonds is 6. The molecule has 2 N–H and O–H groups in total. The van der Waals surface area contributed by atoms with Crippen LogP contribution in [0.25, 0.3) is 10.9 Å². The second-order valence-electron chi connectivity index (χ2n) is 8.58. The first-order valence-corrected chi connectivity index (χ1v) is 11.6. The molecule has 1 atom stereocenters. The summed E-state index contributed by atoms with van der Waals surface area (Å²) in [7, 11) is 0. The number of hydrogen-bond donors (Lipinski definition) is 2. The number of hydrogen-bond acceptors (Lipinski definition) is 5. The molecule has 0 saturated carbocycles. The average molecular weight is 466 g/mol. The van der Waals surface area contributed by atoms with Gasteiger partial charge in [0, 0.05) is 30.8 Å². The predicted octanol–water partition coefficient (Wildman–Crippen LogP) is 3.62. The van der Waals surface area contributed by atoms with Crippen molar-refractivity contribution in [1.29, 1.82) is 0 Å². The van der Waals surface area contributed by atoms with Crippen molar-refractivity contribution < 1.29 is 14.2 Å². The molecule has 0 bridgehead atoms. The highest BCUT2D eigenvalue weighted by Gasteiger charge is 2.20. The van der Waals surface area contributed by atoms with Crippen LogP contribution in [0.15, 0.2) is 47.3 Å². The summed E-state index contributed by atoms with van der Waals surface area (Å²) >= 11 is 5.76. The summed E-state index contributed by atoms with van der Waals surface area (Å²) in [4.78, 5) is 17.9. The fraction of sp³-hybridized carbons (Fsp3) is 0.360. The van der Waals surface area contributed by atoms with E-state index in [4.69, 9.17) is 26.4 Å². The summed E-state index contributed by atoms with van der Waals surface area (Å²) < 4.78 is 16.7. The highest BCUT2D eigenvalue weighted by Crippen LogP contribution is 2.33. The quantitative estimate of drug-likeness (QED) is 0.539. The fourth-order valence-corrected chi connectivity index (χ4v) is 4.48. The average Bonchev–Trinajstić information content (AvgIpc) is 3.49. The van der Waals surface area contributed by atoms with Gasteiger partial charge in [0.25, 0.3) is 5.56 Å². The Balaban J connectivity index is 1.40. The molecule has 33 heavy (non-hydrogen) atoms. The molecule has 1 aromatic heterocycles. The maximum absolute atomic E-state index is 12.8. The third-order valence-electron chi connectivity index (χ3n) is 6.04. The third-order valence-corrected chi connectivity index (χ3v) is 6.44. The van der Waals surface area contributed by atoms with E-state index >= 15 is 0 Å². The summed E-state index contributed by atoms with van der Waals surface area (Å²) in [5.41, 5.74) is 3.55. The Labute approximate surface area is 197 Å². The molecule has 1 saturated heterocycles. The Morgan fingerprint density at radius 2 is 2.03 bits per heavy atom. The molecule has 2 aliphatic rings. The molecule has 7 nitrogen and oxygen atoms in total. The van der Waals surface area contributed by atoms with Crippen molar-refractivity contribution in [2.75, 3.05) is 19.9 Å². The zero-order valence-corrected chi connectivity index (χ0v) is 19.4. The van der Waals surface area contributed by atoms with E-state index in [0.29, 0.717) is 30.3 Å². The van der Waals surface area contributed by atoms with E-state index in [9.17, 15) is 4.79 Å². The van der Waals surface area contributed by atoms with Crippen molar-refractivity contribution in [2.24, 2.45) is 0 Å². The molecule has 0 spiro atoms. The summed E-state index contributed by atoms with van der Waals surface area (Å²) in [6.07, 6.45) is 2.27. The molecule has 3 heterocycles. The summed E-state index contributed by atoms with van der Waals surface area (Å²) in [6, 6.07) is 13.8. The topological polar surface area (TPSA) is 75.8 Å². The zero-order valence-electron chi connectivity index (χ0n) is 18.6. The normalized spacial score (nSPS) is 16.8. The Kier molecular flexibility index (Phi) is 6.20. The van der Waals surface area contributed by atoms with E-state index in [2.05, 4.69) is 16.4 Å². The summed E-state index contributed by atoms with van der Waals surface area (Å²) in [6.45, 7) is 4.63. The second-order valence-corrected chi connectivity index (χ2v) is 8.97. The van der Waals surface area contributed by atoms with Gasteiger partial charge in [0.05, 0.1) is 12.6 Å². The molecule has 1 unspecified atom stereocenters. The first kappa shape index (κ1) is 21.7. The SMILES string of the molecule is Cc1ccc2[nH]c(=O)c(CN(Cc3ccc4c(c3)OCO4)C(=S)NCC3CCCO3)cc2c1. The minimum absolute atomic E-state index is 0.107. The fourth-order valence-electron chi connectivity index (χ4n) is 4.27. The molecule has 172 valence electrons. The number of thiocarbonyl (C=S) groups is 1. The molecular weight excluding hydrogens is 438 g/mol. The largest absolute Gasteiger partial charge is 0.454 e. The molecule has 3 aromatic rings. The molecule has 0 radical (unpaired) electrons. The van der Waals surface area contributed by atoms with Crippen LogP contribution in [-0.2, 0) is 17.8 Å². The van der Waals surface area contributed by atoms with Gasteiger partial charge < -0.3 is 29.4 Å². The van der Waals surface area contributed by atoms with E-state index in [-0.39, 0.29) is 18.5 Å². The van der Waals surface area contributed by atoms with Crippen LogP contribution in [0.1, 0.15) is 29.5 Å². The van der Waals surface area contributed by atoms with Crippen molar-refractivity contribution >= 4 is 28.2 Å². The smallest absolute Gasteiger partial charge is 0.253 e. The minimum Gasteiger partial charge on any atom is -0.454 e. The molecule has 0 amide bonds. The maximum Gasteiger partial charge on any atom is 0.253 e. The van der Waals surface area contributed by atoms with Gasteiger partial charge in [0.2, 0.25) is 6.79 Å². The Morgan fingerprint density at radius 3 is 2.88 bits per heavy atom. The van der Waals surface area contributed by atoms with Crippen LogP contribution in [-0.4, -0.2) is 41.0 Å². The lowest BCUT2D eigenvalue weighted by atomic mass is 10.1. The Morgan fingerprint density at radius 1 is 1.15 bits per heavy atom. The second kappa shape index (κ2) is 9.41. The van der Waals surface area contributed by atoms with E-state index < -0.39 is 0 Å². The molecule has 1 fully saturated rings. The number of pyridine rings is 1. The molecule has 2 aliphatic heterocycles. The standard InChI is InChI=1S/C25H27N3O4S/c1-16-4-6-21-18(9-16)11-19(24(29)27-21)14-28(25(33)26-12-20-3-2-8-30-20)13-17-5-7-22-23(10-17)32-15-31-22/h4-7,9-11,20H,2-3,8,12-15H2,1H3,(H,26,33)(H,27,29). The number of nitrogens with one attached hydrogen (secondary N) is 2. The van der Waals surface area contributed by atoms with Crippen LogP contribution < -0.4 is 20.3 Å². The number of H-pyrrole nitrogens is 1. The molecule has 2 aromatic carbocycles. The Hall–Kier alpha value is -3.10. The molecule has 8 heteroatoms. The van der Waals surface area contributed by atoms with Gasteiger partial charge >= 0.3 is 0 Å². The van der Waals surface area contributed by atoms with Crippen LogP contribution in [0.2, 0.25) is 0 Å². The van der Waals surface area contributed by atoms with Gasteiger partial charge in [0.15, 0.2) is 16.6 Å². The van der Waals surface area contributed by atoms with Crippen molar-refractivity contribution in [3.63, 3.8) is 0 Å². The van der Waals surface area contributed by atoms with Gasteiger partial charge in [-0.05, 0) is 73.3 Å². The lowest BCUT2D eigenvalue weighted by Gasteiger charge is -2.27. The minimum atomic E-state index is -0.107. The van der Waals surface area contributed by atoms with Gasteiger partial charge in [-0.1, -0.05) is 17.7 Å². The maximum atomic E-state index is 12.8. The lowest BCUT2D eigenvalue weighted by molar-refractivity contribution is 0.113. The molecule has 5 rings (SSSR count). The van der Waals surface area contributed by atoms with Crippen molar-refractivity contribution in [1.82, 2.24) is 15.2 Å².